The number of hydrogen-bond donors (Lipinski definition) is 2. The Kier molecular flexibility index (Phi) is 2.53. The summed E-state index contributed by atoms with van der Waals surface area (Å²) in [6.07, 6.45) is 4.76. The number of rotatable bonds is 3. The zero-order valence-corrected chi connectivity index (χ0v) is 8.34. The van der Waals surface area contributed by atoms with Gasteiger partial charge in [-0.2, -0.15) is 0 Å². The van der Waals surface area contributed by atoms with E-state index in [-0.39, 0.29) is 6.04 Å². The predicted molar refractivity (Wildman–Crippen MR) is 57.2 cm³/mol. The summed E-state index contributed by atoms with van der Waals surface area (Å²) in [5.41, 5.74) is 5.52. The molecule has 2 rings (SSSR count). The Balaban J connectivity index is 2.09. The van der Waals surface area contributed by atoms with E-state index in [1.54, 1.807) is 12.5 Å². The van der Waals surface area contributed by atoms with Crippen molar-refractivity contribution in [2.45, 2.75) is 13.0 Å². The van der Waals surface area contributed by atoms with E-state index in [1.807, 2.05) is 19.1 Å². The van der Waals surface area contributed by atoms with Gasteiger partial charge in [-0.1, -0.05) is 0 Å². The van der Waals surface area contributed by atoms with E-state index in [0.29, 0.717) is 11.6 Å². The lowest BCUT2D eigenvalue weighted by Gasteiger charge is -2.11. The van der Waals surface area contributed by atoms with Gasteiger partial charge in [0.1, 0.15) is 17.4 Å². The lowest BCUT2D eigenvalue weighted by Crippen LogP contribution is -2.08. The standard InChI is InChI=1S/C10H12N4O/c1-7(8-3-2-4-15-8)13-10-6-12-5-9(11)14-10/h2-7H,1H3,(H3,11,13,14). The number of furan rings is 1. The Morgan fingerprint density at radius 2 is 2.33 bits per heavy atom. The number of nitrogens with one attached hydrogen (secondary N) is 1. The molecule has 0 saturated carbocycles. The molecule has 1 unspecified atom stereocenters. The molecule has 78 valence electrons. The van der Waals surface area contributed by atoms with Gasteiger partial charge >= 0.3 is 0 Å². The summed E-state index contributed by atoms with van der Waals surface area (Å²) >= 11 is 0. The Hall–Kier alpha value is -2.04. The number of hydrogen-bond acceptors (Lipinski definition) is 5. The van der Waals surface area contributed by atoms with Crippen molar-refractivity contribution in [3.63, 3.8) is 0 Å². The lowest BCUT2D eigenvalue weighted by atomic mass is 10.2. The average molecular weight is 204 g/mol. The van der Waals surface area contributed by atoms with Gasteiger partial charge in [-0.25, -0.2) is 4.98 Å². The zero-order chi connectivity index (χ0) is 10.7. The molecule has 0 saturated heterocycles. The molecule has 3 N–H and O–H groups in total. The fourth-order valence-electron chi connectivity index (χ4n) is 1.28. The van der Waals surface area contributed by atoms with Crippen LogP contribution in [-0.2, 0) is 0 Å². The molecule has 2 heterocycles. The summed E-state index contributed by atoms with van der Waals surface area (Å²) in [6, 6.07) is 3.78. The van der Waals surface area contributed by atoms with Crippen molar-refractivity contribution in [2.75, 3.05) is 11.1 Å². The molecule has 5 heteroatoms. The van der Waals surface area contributed by atoms with Gasteiger partial charge in [0.15, 0.2) is 0 Å². The fraction of sp³-hybridized carbons (Fsp3) is 0.200. The molecule has 0 aliphatic heterocycles. The number of anilines is 2. The monoisotopic (exact) mass is 204 g/mol. The van der Waals surface area contributed by atoms with Crippen LogP contribution in [0.4, 0.5) is 11.6 Å². The molecule has 0 amide bonds. The average Bonchev–Trinajstić information content (AvgIpc) is 2.70. The topological polar surface area (TPSA) is 77.0 Å². The third-order valence-corrected chi connectivity index (χ3v) is 1.99. The summed E-state index contributed by atoms with van der Waals surface area (Å²) in [7, 11) is 0. The molecule has 1 atom stereocenters. The quantitative estimate of drug-likeness (QED) is 0.797. The zero-order valence-electron chi connectivity index (χ0n) is 8.34. The highest BCUT2D eigenvalue weighted by Gasteiger charge is 2.08. The second-order valence-electron chi connectivity index (χ2n) is 3.21. The number of nitrogens with two attached hydrogens (primary N) is 1. The molecule has 15 heavy (non-hydrogen) atoms. The Morgan fingerprint density at radius 3 is 3.00 bits per heavy atom. The van der Waals surface area contributed by atoms with Crippen LogP contribution in [0.2, 0.25) is 0 Å². The van der Waals surface area contributed by atoms with Gasteiger partial charge in [0.2, 0.25) is 0 Å². The van der Waals surface area contributed by atoms with Gasteiger partial charge in [-0.3, -0.25) is 4.98 Å². The second-order valence-corrected chi connectivity index (χ2v) is 3.21. The van der Waals surface area contributed by atoms with Gasteiger partial charge < -0.3 is 15.5 Å². The summed E-state index contributed by atoms with van der Waals surface area (Å²) in [5, 5.41) is 3.14. The van der Waals surface area contributed by atoms with E-state index in [9.17, 15) is 0 Å². The summed E-state index contributed by atoms with van der Waals surface area (Å²) in [5.74, 6) is 1.88. The minimum absolute atomic E-state index is 0.0381. The maximum absolute atomic E-state index is 5.52. The first-order chi connectivity index (χ1) is 7.25. The molecule has 5 nitrogen and oxygen atoms in total. The van der Waals surface area contributed by atoms with Gasteiger partial charge in [0, 0.05) is 0 Å². The summed E-state index contributed by atoms with van der Waals surface area (Å²) in [6.45, 7) is 1.98. The highest BCUT2D eigenvalue weighted by atomic mass is 16.3. The predicted octanol–water partition coefficient (Wildman–Crippen LogP) is 1.82. The first-order valence-corrected chi connectivity index (χ1v) is 4.63. The van der Waals surface area contributed by atoms with E-state index in [1.165, 1.54) is 6.20 Å². The molecule has 0 bridgehead atoms. The SMILES string of the molecule is CC(Nc1cncc(N)n1)c1ccco1. The fourth-order valence-corrected chi connectivity index (χ4v) is 1.28. The van der Waals surface area contributed by atoms with Gasteiger partial charge in [0.05, 0.1) is 24.7 Å². The first-order valence-electron chi connectivity index (χ1n) is 4.63. The van der Waals surface area contributed by atoms with Crippen LogP contribution >= 0.6 is 0 Å². The van der Waals surface area contributed by atoms with Crippen molar-refractivity contribution in [3.05, 3.63) is 36.5 Å². The van der Waals surface area contributed by atoms with E-state index in [2.05, 4.69) is 15.3 Å². The van der Waals surface area contributed by atoms with E-state index in [4.69, 9.17) is 10.2 Å². The number of aromatic nitrogens is 2. The third kappa shape index (κ3) is 2.25. The van der Waals surface area contributed by atoms with Crippen LogP contribution in [0.1, 0.15) is 18.7 Å². The summed E-state index contributed by atoms with van der Waals surface area (Å²) < 4.78 is 5.26. The van der Waals surface area contributed by atoms with Crippen LogP contribution in [-0.4, -0.2) is 9.97 Å². The maximum Gasteiger partial charge on any atom is 0.147 e. The normalized spacial score (nSPS) is 12.3. The first kappa shape index (κ1) is 9.51. The Labute approximate surface area is 87.3 Å². The van der Waals surface area contributed by atoms with E-state index < -0.39 is 0 Å². The van der Waals surface area contributed by atoms with Crippen molar-refractivity contribution in [1.82, 2.24) is 9.97 Å². The smallest absolute Gasteiger partial charge is 0.147 e. The van der Waals surface area contributed by atoms with E-state index >= 15 is 0 Å². The van der Waals surface area contributed by atoms with Crippen LogP contribution < -0.4 is 11.1 Å². The largest absolute Gasteiger partial charge is 0.467 e. The number of nitrogen functional groups attached to an aromatic ring is 1. The third-order valence-electron chi connectivity index (χ3n) is 1.99. The molecule has 0 aliphatic rings. The van der Waals surface area contributed by atoms with E-state index in [0.717, 1.165) is 5.76 Å². The van der Waals surface area contributed by atoms with Crippen molar-refractivity contribution in [2.24, 2.45) is 0 Å². The molecule has 0 radical (unpaired) electrons. The minimum Gasteiger partial charge on any atom is -0.467 e. The van der Waals surface area contributed by atoms with Crippen molar-refractivity contribution in [1.29, 1.82) is 0 Å². The van der Waals surface area contributed by atoms with Crippen molar-refractivity contribution < 1.29 is 4.42 Å². The highest BCUT2D eigenvalue weighted by molar-refractivity contribution is 5.39. The Morgan fingerprint density at radius 1 is 1.47 bits per heavy atom. The minimum atomic E-state index is 0.0381. The van der Waals surface area contributed by atoms with Crippen LogP contribution in [0.15, 0.2) is 35.2 Å². The molecular formula is C10H12N4O. The molecule has 2 aromatic rings. The van der Waals surface area contributed by atoms with Crippen LogP contribution in [0.25, 0.3) is 0 Å². The van der Waals surface area contributed by atoms with Gasteiger partial charge in [-0.05, 0) is 19.1 Å². The lowest BCUT2D eigenvalue weighted by molar-refractivity contribution is 0.490. The van der Waals surface area contributed by atoms with Gasteiger partial charge in [-0.15, -0.1) is 0 Å². The molecule has 0 spiro atoms. The van der Waals surface area contributed by atoms with Crippen molar-refractivity contribution >= 4 is 11.6 Å². The summed E-state index contributed by atoms with van der Waals surface area (Å²) in [4.78, 5) is 8.02. The number of nitrogens with zero attached hydrogens (tertiary/aromatic N) is 2. The maximum atomic E-state index is 5.52. The van der Waals surface area contributed by atoms with Gasteiger partial charge in [0.25, 0.3) is 0 Å². The highest BCUT2D eigenvalue weighted by Crippen LogP contribution is 2.17. The molecule has 0 aliphatic carbocycles. The molecule has 2 aromatic heterocycles. The molecule has 0 aromatic carbocycles. The molecular weight excluding hydrogens is 192 g/mol. The van der Waals surface area contributed by atoms with Crippen molar-refractivity contribution in [3.8, 4) is 0 Å². The van der Waals surface area contributed by atoms with Crippen LogP contribution in [0.3, 0.4) is 0 Å². The molecule has 0 fully saturated rings. The second kappa shape index (κ2) is 4.00. The Bertz CT molecular complexity index is 427. The van der Waals surface area contributed by atoms with Crippen LogP contribution in [0.5, 0.6) is 0 Å². The van der Waals surface area contributed by atoms with Crippen LogP contribution in [0, 0.1) is 0 Å².